The van der Waals surface area contributed by atoms with E-state index in [1.807, 2.05) is 29.2 Å². The van der Waals surface area contributed by atoms with Crippen LogP contribution in [-0.2, 0) is 4.79 Å². The molecule has 1 amide bonds. The van der Waals surface area contributed by atoms with Crippen molar-refractivity contribution in [2.24, 2.45) is 0 Å². The predicted octanol–water partition coefficient (Wildman–Crippen LogP) is 2.25. The third kappa shape index (κ3) is 3.58. The van der Waals surface area contributed by atoms with Crippen LogP contribution in [0.25, 0.3) is 11.4 Å². The largest absolute Gasteiger partial charge is 0.342 e. The highest BCUT2D eigenvalue weighted by Crippen LogP contribution is 2.19. The highest BCUT2D eigenvalue weighted by Gasteiger charge is 2.18. The second-order valence-electron chi connectivity index (χ2n) is 4.82. The van der Waals surface area contributed by atoms with Crippen LogP contribution in [0.2, 0.25) is 0 Å². The lowest BCUT2D eigenvalue weighted by Crippen LogP contribution is -2.29. The first-order chi connectivity index (χ1) is 10.3. The van der Waals surface area contributed by atoms with Crippen LogP contribution in [0.3, 0.4) is 0 Å². The smallest absolute Gasteiger partial charge is 0.233 e. The summed E-state index contributed by atoms with van der Waals surface area (Å²) in [6.07, 6.45) is 5.67. The Bertz CT molecular complexity index is 614. The minimum absolute atomic E-state index is 0.171. The first-order valence-corrected chi connectivity index (χ1v) is 7.96. The molecule has 0 aromatic carbocycles. The Kier molecular flexibility index (Phi) is 4.45. The van der Waals surface area contributed by atoms with Gasteiger partial charge < -0.3 is 4.90 Å². The van der Waals surface area contributed by atoms with Crippen molar-refractivity contribution in [3.63, 3.8) is 0 Å². The molecule has 3 heterocycles. The van der Waals surface area contributed by atoms with Crippen molar-refractivity contribution in [2.45, 2.75) is 18.0 Å². The first-order valence-electron chi connectivity index (χ1n) is 6.98. The van der Waals surface area contributed by atoms with Gasteiger partial charge in [0, 0.05) is 25.5 Å². The van der Waals surface area contributed by atoms with Crippen LogP contribution in [-0.4, -0.2) is 44.6 Å². The van der Waals surface area contributed by atoms with Gasteiger partial charge in [0.05, 0.1) is 17.1 Å². The number of carbonyl (C=O) groups is 1. The van der Waals surface area contributed by atoms with Crippen LogP contribution in [0.4, 0.5) is 0 Å². The quantitative estimate of drug-likeness (QED) is 0.640. The summed E-state index contributed by atoms with van der Waals surface area (Å²) >= 11 is 1.38. The fourth-order valence-corrected chi connectivity index (χ4v) is 2.98. The Labute approximate surface area is 127 Å². The number of carbonyl (C=O) groups excluding carboxylic acids is 1. The molecule has 1 saturated heterocycles. The Morgan fingerprint density at radius 3 is 2.71 bits per heavy atom. The number of pyridine rings is 1. The molecule has 5 nitrogen and oxygen atoms in total. The fraction of sp³-hybridized carbons (Fsp3) is 0.333. The first kappa shape index (κ1) is 14.0. The van der Waals surface area contributed by atoms with Crippen molar-refractivity contribution in [2.75, 3.05) is 18.8 Å². The molecule has 0 unspecified atom stereocenters. The average molecular weight is 300 g/mol. The van der Waals surface area contributed by atoms with Gasteiger partial charge in [-0.25, -0.2) is 9.97 Å². The number of rotatable bonds is 4. The lowest BCUT2D eigenvalue weighted by Gasteiger charge is -2.14. The molecule has 1 aliphatic heterocycles. The fourth-order valence-electron chi connectivity index (χ4n) is 2.25. The molecule has 2 aromatic rings. The monoisotopic (exact) mass is 300 g/mol. The summed E-state index contributed by atoms with van der Waals surface area (Å²) in [5, 5.41) is 0.616. The van der Waals surface area contributed by atoms with Gasteiger partial charge in [-0.1, -0.05) is 17.8 Å². The molecule has 108 valence electrons. The van der Waals surface area contributed by atoms with Gasteiger partial charge in [0.1, 0.15) is 0 Å². The van der Waals surface area contributed by atoms with E-state index < -0.39 is 0 Å². The Morgan fingerprint density at radius 1 is 1.10 bits per heavy atom. The van der Waals surface area contributed by atoms with E-state index in [0.717, 1.165) is 37.3 Å². The molecule has 0 radical (unpaired) electrons. The predicted molar refractivity (Wildman–Crippen MR) is 81.8 cm³/mol. The minimum Gasteiger partial charge on any atom is -0.342 e. The third-order valence-electron chi connectivity index (χ3n) is 3.34. The zero-order valence-electron chi connectivity index (χ0n) is 11.6. The lowest BCUT2D eigenvalue weighted by molar-refractivity contribution is -0.127. The summed E-state index contributed by atoms with van der Waals surface area (Å²) in [7, 11) is 0. The SMILES string of the molecule is O=C(CSc1nccc(-c2ccccn2)n1)N1CCCC1. The van der Waals surface area contributed by atoms with E-state index >= 15 is 0 Å². The van der Waals surface area contributed by atoms with Crippen LogP contribution in [0, 0.1) is 0 Å². The maximum absolute atomic E-state index is 12.0. The number of aromatic nitrogens is 3. The van der Waals surface area contributed by atoms with Gasteiger partial charge in [-0.15, -0.1) is 0 Å². The maximum Gasteiger partial charge on any atom is 0.233 e. The summed E-state index contributed by atoms with van der Waals surface area (Å²) in [6, 6.07) is 7.53. The van der Waals surface area contributed by atoms with Gasteiger partial charge in [-0.2, -0.15) is 0 Å². The van der Waals surface area contributed by atoms with Crippen molar-refractivity contribution >= 4 is 17.7 Å². The molecule has 1 aliphatic rings. The summed E-state index contributed by atoms with van der Waals surface area (Å²) in [5.74, 6) is 0.565. The zero-order valence-corrected chi connectivity index (χ0v) is 12.4. The standard InChI is InChI=1S/C15H16N4OS/c20-14(19-9-3-4-10-19)11-21-15-17-8-6-13(18-15)12-5-1-2-7-16-12/h1-2,5-8H,3-4,9-11H2. The topological polar surface area (TPSA) is 59.0 Å². The normalized spacial score (nSPS) is 14.4. The molecule has 3 rings (SSSR count). The summed E-state index contributed by atoms with van der Waals surface area (Å²) in [6.45, 7) is 1.77. The Balaban J connectivity index is 1.65. The van der Waals surface area contributed by atoms with E-state index in [4.69, 9.17) is 0 Å². The average Bonchev–Trinajstić information content (AvgIpc) is 3.08. The molecular formula is C15H16N4OS. The highest BCUT2D eigenvalue weighted by molar-refractivity contribution is 7.99. The molecule has 21 heavy (non-hydrogen) atoms. The van der Waals surface area contributed by atoms with Crippen LogP contribution < -0.4 is 0 Å². The number of likely N-dealkylation sites (tertiary alicyclic amines) is 1. The maximum atomic E-state index is 12.0. The lowest BCUT2D eigenvalue weighted by atomic mass is 10.3. The van der Waals surface area contributed by atoms with E-state index in [9.17, 15) is 4.79 Å². The van der Waals surface area contributed by atoms with Gasteiger partial charge in [0.2, 0.25) is 5.91 Å². The summed E-state index contributed by atoms with van der Waals surface area (Å²) in [4.78, 5) is 26.9. The van der Waals surface area contributed by atoms with Gasteiger partial charge in [0.25, 0.3) is 0 Å². The Hall–Kier alpha value is -1.95. The molecule has 2 aromatic heterocycles. The number of hydrogen-bond acceptors (Lipinski definition) is 5. The molecule has 1 fully saturated rings. The number of amides is 1. The second kappa shape index (κ2) is 6.67. The van der Waals surface area contributed by atoms with Crippen molar-refractivity contribution in [3.8, 4) is 11.4 Å². The van der Waals surface area contributed by atoms with Crippen LogP contribution in [0.15, 0.2) is 41.8 Å². The molecule has 0 aliphatic carbocycles. The zero-order chi connectivity index (χ0) is 14.5. The van der Waals surface area contributed by atoms with Crippen molar-refractivity contribution in [1.82, 2.24) is 19.9 Å². The number of nitrogens with zero attached hydrogens (tertiary/aromatic N) is 4. The van der Waals surface area contributed by atoms with Gasteiger partial charge >= 0.3 is 0 Å². The van der Waals surface area contributed by atoms with Gasteiger partial charge in [-0.3, -0.25) is 9.78 Å². The van der Waals surface area contributed by atoms with Gasteiger partial charge in [0.15, 0.2) is 5.16 Å². The molecule has 0 atom stereocenters. The van der Waals surface area contributed by atoms with Crippen molar-refractivity contribution < 1.29 is 4.79 Å². The minimum atomic E-state index is 0.171. The van der Waals surface area contributed by atoms with Crippen LogP contribution in [0.1, 0.15) is 12.8 Å². The van der Waals surface area contributed by atoms with Crippen LogP contribution >= 0.6 is 11.8 Å². The van der Waals surface area contributed by atoms with Crippen LogP contribution in [0.5, 0.6) is 0 Å². The molecule has 0 N–H and O–H groups in total. The van der Waals surface area contributed by atoms with E-state index in [2.05, 4.69) is 15.0 Å². The Morgan fingerprint density at radius 2 is 1.95 bits per heavy atom. The van der Waals surface area contributed by atoms with E-state index in [0.29, 0.717) is 10.9 Å². The van der Waals surface area contributed by atoms with E-state index in [1.54, 1.807) is 12.4 Å². The molecule has 6 heteroatoms. The second-order valence-corrected chi connectivity index (χ2v) is 5.76. The van der Waals surface area contributed by atoms with Gasteiger partial charge in [-0.05, 0) is 31.0 Å². The van der Waals surface area contributed by atoms with Crippen molar-refractivity contribution in [3.05, 3.63) is 36.7 Å². The van der Waals surface area contributed by atoms with E-state index in [-0.39, 0.29) is 5.91 Å². The number of hydrogen-bond donors (Lipinski definition) is 0. The highest BCUT2D eigenvalue weighted by atomic mass is 32.2. The van der Waals surface area contributed by atoms with E-state index in [1.165, 1.54) is 11.8 Å². The van der Waals surface area contributed by atoms with Crippen molar-refractivity contribution in [1.29, 1.82) is 0 Å². The summed E-state index contributed by atoms with van der Waals surface area (Å²) < 4.78 is 0. The number of thioether (sulfide) groups is 1. The molecule has 0 saturated carbocycles. The molecule has 0 bridgehead atoms. The molecule has 0 spiro atoms. The third-order valence-corrected chi connectivity index (χ3v) is 4.19. The summed E-state index contributed by atoms with van der Waals surface area (Å²) in [5.41, 5.74) is 1.59. The molecular weight excluding hydrogens is 284 g/mol.